The Morgan fingerprint density at radius 2 is 1.73 bits per heavy atom. The number of nitrogens with zero attached hydrogens (tertiary/aromatic N) is 1. The number of rotatable bonds is 7. The first-order valence-electron chi connectivity index (χ1n) is 9.69. The lowest BCUT2D eigenvalue weighted by Gasteiger charge is -2.26. The van der Waals surface area contributed by atoms with Crippen molar-refractivity contribution in [1.82, 2.24) is 4.90 Å². The molecule has 1 aliphatic heterocycles. The van der Waals surface area contributed by atoms with Gasteiger partial charge in [-0.1, -0.05) is 36.4 Å². The molecule has 1 heterocycles. The Morgan fingerprint density at radius 3 is 2.33 bits per heavy atom. The third-order valence-corrected chi connectivity index (χ3v) is 4.83. The van der Waals surface area contributed by atoms with Gasteiger partial charge in [0.25, 0.3) is 5.91 Å². The van der Waals surface area contributed by atoms with Crippen LogP contribution in [0.1, 0.15) is 17.5 Å². The summed E-state index contributed by atoms with van der Waals surface area (Å²) in [6.07, 6.45) is 5.70. The van der Waals surface area contributed by atoms with Crippen LogP contribution in [0.3, 0.4) is 0 Å². The quantitative estimate of drug-likeness (QED) is 0.519. The average molecular weight is 407 g/mol. The van der Waals surface area contributed by atoms with Gasteiger partial charge in [-0.15, -0.1) is 0 Å². The van der Waals surface area contributed by atoms with E-state index in [1.807, 2.05) is 18.2 Å². The van der Waals surface area contributed by atoms with Gasteiger partial charge in [-0.05, 0) is 41.3 Å². The van der Waals surface area contributed by atoms with Gasteiger partial charge in [0.1, 0.15) is 11.5 Å². The molecule has 0 fully saturated rings. The summed E-state index contributed by atoms with van der Waals surface area (Å²) in [5.74, 6) is 0.446. The molecule has 2 aromatic carbocycles. The predicted molar refractivity (Wildman–Crippen MR) is 115 cm³/mol. The zero-order valence-electron chi connectivity index (χ0n) is 17.2. The highest BCUT2D eigenvalue weighted by Crippen LogP contribution is 2.23. The van der Waals surface area contributed by atoms with Crippen molar-refractivity contribution >= 4 is 23.5 Å². The minimum atomic E-state index is -0.581. The summed E-state index contributed by atoms with van der Waals surface area (Å²) in [6, 6.07) is 15.4. The molecule has 6 nitrogen and oxygen atoms in total. The van der Waals surface area contributed by atoms with Gasteiger partial charge in [-0.25, -0.2) is 4.79 Å². The summed E-state index contributed by atoms with van der Waals surface area (Å²) in [5, 5.41) is 0. The first kappa shape index (κ1) is 21.2. The molecule has 0 radical (unpaired) electrons. The number of ether oxygens (including phenoxy) is 3. The SMILES string of the molecule is COc1cc(/C=C/C(=O)OCC(=O)N2CC=C(c3ccccc3)CC2)cc(OC)c1. The molecule has 3 rings (SSSR count). The topological polar surface area (TPSA) is 65.1 Å². The molecule has 0 saturated carbocycles. The number of benzene rings is 2. The molecule has 6 heteroatoms. The molecule has 0 aliphatic carbocycles. The Hall–Kier alpha value is -3.54. The molecule has 2 aromatic rings. The Bertz CT molecular complexity index is 927. The van der Waals surface area contributed by atoms with E-state index in [9.17, 15) is 9.59 Å². The second-order valence-electron chi connectivity index (χ2n) is 6.77. The first-order valence-corrected chi connectivity index (χ1v) is 9.69. The third kappa shape index (κ3) is 5.73. The van der Waals surface area contributed by atoms with E-state index >= 15 is 0 Å². The number of carbonyl (C=O) groups is 2. The van der Waals surface area contributed by atoms with Gasteiger partial charge in [0, 0.05) is 25.2 Å². The van der Waals surface area contributed by atoms with Gasteiger partial charge in [-0.2, -0.15) is 0 Å². The van der Waals surface area contributed by atoms with E-state index in [1.54, 1.807) is 43.4 Å². The summed E-state index contributed by atoms with van der Waals surface area (Å²) in [4.78, 5) is 26.0. The monoisotopic (exact) mass is 407 g/mol. The number of methoxy groups -OCH3 is 2. The van der Waals surface area contributed by atoms with Crippen LogP contribution in [0.2, 0.25) is 0 Å². The van der Waals surface area contributed by atoms with Gasteiger partial charge in [0.05, 0.1) is 14.2 Å². The van der Waals surface area contributed by atoms with Crippen LogP contribution >= 0.6 is 0 Å². The van der Waals surface area contributed by atoms with E-state index < -0.39 is 5.97 Å². The lowest BCUT2D eigenvalue weighted by Crippen LogP contribution is -2.37. The van der Waals surface area contributed by atoms with Crippen molar-refractivity contribution < 1.29 is 23.8 Å². The van der Waals surface area contributed by atoms with Gasteiger partial charge in [0.2, 0.25) is 0 Å². The lowest BCUT2D eigenvalue weighted by atomic mass is 10.00. The minimum absolute atomic E-state index is 0.205. The number of amides is 1. The Labute approximate surface area is 176 Å². The van der Waals surface area contributed by atoms with Crippen molar-refractivity contribution in [3.63, 3.8) is 0 Å². The van der Waals surface area contributed by atoms with E-state index in [-0.39, 0.29) is 12.5 Å². The molecular formula is C24H25NO5. The van der Waals surface area contributed by atoms with Gasteiger partial charge in [-0.3, -0.25) is 4.79 Å². The van der Waals surface area contributed by atoms with Crippen LogP contribution in [-0.4, -0.2) is 50.7 Å². The highest BCUT2D eigenvalue weighted by Gasteiger charge is 2.18. The molecule has 0 unspecified atom stereocenters. The fourth-order valence-corrected chi connectivity index (χ4v) is 3.17. The maximum Gasteiger partial charge on any atom is 0.331 e. The van der Waals surface area contributed by atoms with Gasteiger partial charge >= 0.3 is 5.97 Å². The van der Waals surface area contributed by atoms with Crippen molar-refractivity contribution in [2.24, 2.45) is 0 Å². The van der Waals surface area contributed by atoms with E-state index in [2.05, 4.69) is 18.2 Å². The molecule has 0 atom stereocenters. The summed E-state index contributed by atoms with van der Waals surface area (Å²) < 4.78 is 15.5. The average Bonchev–Trinajstić information content (AvgIpc) is 2.81. The van der Waals surface area contributed by atoms with Crippen molar-refractivity contribution in [3.8, 4) is 11.5 Å². The fourth-order valence-electron chi connectivity index (χ4n) is 3.17. The Kier molecular flexibility index (Phi) is 7.27. The fraction of sp³-hybridized carbons (Fsp3) is 0.250. The third-order valence-electron chi connectivity index (χ3n) is 4.83. The predicted octanol–water partition coefficient (Wildman–Crippen LogP) is 3.58. The molecular weight excluding hydrogens is 382 g/mol. The second-order valence-corrected chi connectivity index (χ2v) is 6.77. The zero-order valence-corrected chi connectivity index (χ0v) is 17.2. The molecule has 0 N–H and O–H groups in total. The molecule has 0 bridgehead atoms. The molecule has 1 aliphatic rings. The maximum absolute atomic E-state index is 12.3. The Morgan fingerprint density at radius 1 is 1.03 bits per heavy atom. The lowest BCUT2D eigenvalue weighted by molar-refractivity contribution is -0.147. The summed E-state index contributed by atoms with van der Waals surface area (Å²) in [7, 11) is 3.11. The summed E-state index contributed by atoms with van der Waals surface area (Å²) >= 11 is 0. The van der Waals surface area contributed by atoms with E-state index in [1.165, 1.54) is 17.2 Å². The standard InChI is InChI=1S/C24H25NO5/c1-28-21-14-18(15-22(16-21)29-2)8-9-24(27)30-17-23(26)25-12-10-20(11-13-25)19-6-4-3-5-7-19/h3-10,14-16H,11-13,17H2,1-2H3/b9-8+. The van der Waals surface area contributed by atoms with Crippen molar-refractivity contribution in [3.05, 3.63) is 71.8 Å². The number of hydrogen-bond donors (Lipinski definition) is 0. The zero-order chi connectivity index (χ0) is 21.3. The number of esters is 1. The van der Waals surface area contributed by atoms with E-state index in [4.69, 9.17) is 14.2 Å². The van der Waals surface area contributed by atoms with Crippen molar-refractivity contribution in [2.75, 3.05) is 33.9 Å². The van der Waals surface area contributed by atoms with Crippen LogP contribution in [0.25, 0.3) is 11.6 Å². The number of hydrogen-bond acceptors (Lipinski definition) is 5. The maximum atomic E-state index is 12.3. The molecule has 0 saturated heterocycles. The normalized spacial score (nSPS) is 13.7. The van der Waals surface area contributed by atoms with Crippen molar-refractivity contribution in [1.29, 1.82) is 0 Å². The molecule has 0 spiro atoms. The van der Waals surface area contributed by atoms with E-state index in [0.717, 1.165) is 12.0 Å². The van der Waals surface area contributed by atoms with Gasteiger partial charge < -0.3 is 19.1 Å². The van der Waals surface area contributed by atoms with Crippen LogP contribution < -0.4 is 9.47 Å². The van der Waals surface area contributed by atoms with Crippen LogP contribution in [0, 0.1) is 0 Å². The Balaban J connectivity index is 1.50. The van der Waals surface area contributed by atoms with Crippen LogP contribution in [0.15, 0.2) is 60.7 Å². The van der Waals surface area contributed by atoms with Crippen LogP contribution in [0.4, 0.5) is 0 Å². The van der Waals surface area contributed by atoms with Crippen molar-refractivity contribution in [2.45, 2.75) is 6.42 Å². The second kappa shape index (κ2) is 10.3. The minimum Gasteiger partial charge on any atom is -0.497 e. The van der Waals surface area contributed by atoms with Crippen LogP contribution in [0.5, 0.6) is 11.5 Å². The number of carbonyl (C=O) groups excluding carboxylic acids is 2. The largest absolute Gasteiger partial charge is 0.497 e. The molecule has 1 amide bonds. The molecule has 30 heavy (non-hydrogen) atoms. The van der Waals surface area contributed by atoms with Gasteiger partial charge in [0.15, 0.2) is 6.61 Å². The van der Waals surface area contributed by atoms with Crippen LogP contribution in [-0.2, 0) is 14.3 Å². The molecule has 156 valence electrons. The summed E-state index contributed by atoms with van der Waals surface area (Å²) in [5.41, 5.74) is 3.13. The first-order chi connectivity index (χ1) is 14.6. The highest BCUT2D eigenvalue weighted by atomic mass is 16.5. The van der Waals surface area contributed by atoms with E-state index in [0.29, 0.717) is 24.6 Å². The summed E-state index contributed by atoms with van der Waals surface area (Å²) in [6.45, 7) is 0.843. The highest BCUT2D eigenvalue weighted by molar-refractivity contribution is 5.89. The molecule has 0 aromatic heterocycles. The smallest absolute Gasteiger partial charge is 0.331 e.